The molecule has 0 amide bonds. The molecule has 0 saturated carbocycles. The number of nitrogens with one attached hydrogen (secondary N) is 1. The van der Waals surface area contributed by atoms with E-state index in [0.29, 0.717) is 16.8 Å². The van der Waals surface area contributed by atoms with Gasteiger partial charge in [0.15, 0.2) is 5.78 Å². The molecule has 0 bridgehead atoms. The van der Waals surface area contributed by atoms with Gasteiger partial charge in [0.2, 0.25) is 0 Å². The Hall–Kier alpha value is -3.18. The minimum atomic E-state index is -0.0548. The molecule has 0 fully saturated rings. The lowest BCUT2D eigenvalue weighted by molar-refractivity contribution is 0.103. The summed E-state index contributed by atoms with van der Waals surface area (Å²) in [6.07, 6.45) is 4.32. The highest BCUT2D eigenvalue weighted by Crippen LogP contribution is 2.29. The molecule has 144 valence electrons. The van der Waals surface area contributed by atoms with Crippen LogP contribution < -0.4 is 11.1 Å². The minimum absolute atomic E-state index is 0.00535. The molecule has 3 aromatic rings. The quantitative estimate of drug-likeness (QED) is 0.583. The summed E-state index contributed by atoms with van der Waals surface area (Å²) in [6.45, 7) is 0.876. The van der Waals surface area contributed by atoms with Crippen LogP contribution in [0.4, 0.5) is 11.4 Å². The van der Waals surface area contributed by atoms with Gasteiger partial charge in [0.05, 0.1) is 6.04 Å². The van der Waals surface area contributed by atoms with E-state index in [1.807, 2.05) is 68.7 Å². The Labute approximate surface area is 166 Å². The van der Waals surface area contributed by atoms with Crippen LogP contribution in [0, 0.1) is 0 Å². The van der Waals surface area contributed by atoms with E-state index in [4.69, 9.17) is 5.73 Å². The summed E-state index contributed by atoms with van der Waals surface area (Å²) in [5, 5.41) is 3.54. The number of ketones is 1. The number of rotatable bonds is 8. The number of nitrogen functional groups attached to an aromatic ring is 1. The predicted molar refractivity (Wildman–Crippen MR) is 115 cm³/mol. The molecule has 0 aliphatic heterocycles. The number of hydrogen-bond donors (Lipinski definition) is 2. The van der Waals surface area contributed by atoms with Crippen molar-refractivity contribution in [3.63, 3.8) is 0 Å². The maximum absolute atomic E-state index is 13.0. The van der Waals surface area contributed by atoms with Gasteiger partial charge < -0.3 is 16.0 Å². The van der Waals surface area contributed by atoms with Gasteiger partial charge in [-0.15, -0.1) is 0 Å². The summed E-state index contributed by atoms with van der Waals surface area (Å²) in [4.78, 5) is 19.4. The zero-order chi connectivity index (χ0) is 19.9. The fourth-order valence-electron chi connectivity index (χ4n) is 3.14. The van der Waals surface area contributed by atoms with Crippen LogP contribution in [0.3, 0.4) is 0 Å². The lowest BCUT2D eigenvalue weighted by Crippen LogP contribution is -2.21. The Kier molecular flexibility index (Phi) is 6.40. The summed E-state index contributed by atoms with van der Waals surface area (Å²) in [5.41, 5.74) is 9.95. The van der Waals surface area contributed by atoms with Gasteiger partial charge in [0, 0.05) is 40.5 Å². The molecule has 1 atom stereocenters. The van der Waals surface area contributed by atoms with Gasteiger partial charge in [-0.05, 0) is 45.3 Å². The summed E-state index contributed by atoms with van der Waals surface area (Å²) >= 11 is 0. The van der Waals surface area contributed by atoms with E-state index in [9.17, 15) is 4.79 Å². The number of carbonyl (C=O) groups is 1. The van der Waals surface area contributed by atoms with Gasteiger partial charge in [-0.25, -0.2) is 0 Å². The average Bonchev–Trinajstić information content (AvgIpc) is 2.72. The van der Waals surface area contributed by atoms with Gasteiger partial charge in [0.25, 0.3) is 0 Å². The van der Waals surface area contributed by atoms with E-state index >= 15 is 0 Å². The smallest absolute Gasteiger partial charge is 0.195 e. The van der Waals surface area contributed by atoms with Crippen molar-refractivity contribution >= 4 is 17.2 Å². The number of para-hydroxylation sites is 1. The number of nitrogens with two attached hydrogens (primary N) is 1. The highest BCUT2D eigenvalue weighted by molar-refractivity contribution is 6.12. The second kappa shape index (κ2) is 9.15. The Balaban J connectivity index is 1.93. The molecule has 5 heteroatoms. The van der Waals surface area contributed by atoms with Crippen molar-refractivity contribution in [2.24, 2.45) is 0 Å². The molecule has 3 N–H and O–H groups in total. The molecule has 5 nitrogen and oxygen atoms in total. The topological polar surface area (TPSA) is 71.2 Å². The third-order valence-corrected chi connectivity index (χ3v) is 4.66. The van der Waals surface area contributed by atoms with E-state index in [1.54, 1.807) is 18.5 Å². The molecule has 1 aromatic heterocycles. The Morgan fingerprint density at radius 2 is 1.79 bits per heavy atom. The van der Waals surface area contributed by atoms with E-state index in [2.05, 4.69) is 15.2 Å². The number of anilines is 2. The van der Waals surface area contributed by atoms with Gasteiger partial charge in [-0.1, -0.05) is 42.5 Å². The summed E-state index contributed by atoms with van der Waals surface area (Å²) in [6, 6.07) is 18.7. The van der Waals surface area contributed by atoms with Crippen molar-refractivity contribution in [3.8, 4) is 0 Å². The van der Waals surface area contributed by atoms with Crippen LogP contribution in [-0.4, -0.2) is 36.3 Å². The van der Waals surface area contributed by atoms with Crippen molar-refractivity contribution in [2.75, 3.05) is 31.7 Å². The number of nitrogens with zero attached hydrogens (tertiary/aromatic N) is 2. The molecule has 0 aliphatic rings. The number of aromatic nitrogens is 1. The first kappa shape index (κ1) is 19.6. The van der Waals surface area contributed by atoms with Crippen LogP contribution >= 0.6 is 0 Å². The normalized spacial score (nSPS) is 12.0. The predicted octanol–water partition coefficient (Wildman–Crippen LogP) is 4.00. The first-order valence-electron chi connectivity index (χ1n) is 9.35. The molecule has 28 heavy (non-hydrogen) atoms. The van der Waals surface area contributed by atoms with Crippen molar-refractivity contribution in [2.45, 2.75) is 12.5 Å². The lowest BCUT2D eigenvalue weighted by atomic mass is 9.99. The van der Waals surface area contributed by atoms with Gasteiger partial charge >= 0.3 is 0 Å². The van der Waals surface area contributed by atoms with Crippen LogP contribution in [0.2, 0.25) is 0 Å². The number of hydrogen-bond acceptors (Lipinski definition) is 5. The largest absolute Gasteiger partial charge is 0.398 e. The van der Waals surface area contributed by atoms with E-state index in [-0.39, 0.29) is 11.8 Å². The van der Waals surface area contributed by atoms with E-state index < -0.39 is 0 Å². The van der Waals surface area contributed by atoms with Crippen LogP contribution in [-0.2, 0) is 0 Å². The number of carbonyl (C=O) groups excluding carboxylic acids is 1. The maximum atomic E-state index is 13.0. The average molecular weight is 374 g/mol. The molecule has 1 heterocycles. The number of pyridine rings is 1. The van der Waals surface area contributed by atoms with E-state index in [1.165, 1.54) is 0 Å². The molecule has 3 rings (SSSR count). The molecular formula is C23H26N4O. The third-order valence-electron chi connectivity index (χ3n) is 4.66. The highest BCUT2D eigenvalue weighted by Gasteiger charge is 2.19. The molecule has 0 spiro atoms. The Morgan fingerprint density at radius 1 is 1.07 bits per heavy atom. The van der Waals surface area contributed by atoms with Gasteiger partial charge in [0.1, 0.15) is 0 Å². The fraction of sp³-hybridized carbons (Fsp3) is 0.217. The van der Waals surface area contributed by atoms with Crippen LogP contribution in [0.15, 0.2) is 73.1 Å². The molecule has 0 radical (unpaired) electrons. The maximum Gasteiger partial charge on any atom is 0.195 e. The summed E-state index contributed by atoms with van der Waals surface area (Å²) in [5.74, 6) is -0.00535. The van der Waals surface area contributed by atoms with Crippen LogP contribution in [0.5, 0.6) is 0 Å². The Morgan fingerprint density at radius 3 is 2.50 bits per heavy atom. The van der Waals surface area contributed by atoms with Crippen molar-refractivity contribution in [1.29, 1.82) is 0 Å². The molecule has 0 saturated heterocycles. The molecular weight excluding hydrogens is 348 g/mol. The van der Waals surface area contributed by atoms with Gasteiger partial charge in [-0.3, -0.25) is 9.78 Å². The van der Waals surface area contributed by atoms with Gasteiger partial charge in [-0.2, -0.15) is 0 Å². The second-order valence-corrected chi connectivity index (χ2v) is 7.03. The highest BCUT2D eigenvalue weighted by atomic mass is 16.1. The van der Waals surface area contributed by atoms with Crippen LogP contribution in [0.1, 0.15) is 33.9 Å². The zero-order valence-electron chi connectivity index (χ0n) is 16.3. The zero-order valence-corrected chi connectivity index (χ0v) is 16.3. The van der Waals surface area contributed by atoms with Crippen molar-refractivity contribution < 1.29 is 4.79 Å². The monoisotopic (exact) mass is 374 g/mol. The standard InChI is InChI=1S/C23H26N4O/c1-27(2)15-13-22(19-16-25-14-12-20(19)24)26-21-11-7-6-10-18(21)23(28)17-8-4-3-5-9-17/h3-12,14,16,22,26H,13,15H2,1-2H3,(H2,24,25). The van der Waals surface area contributed by atoms with Crippen molar-refractivity contribution in [3.05, 3.63) is 89.7 Å². The molecule has 1 unspecified atom stereocenters. The lowest BCUT2D eigenvalue weighted by Gasteiger charge is -2.24. The second-order valence-electron chi connectivity index (χ2n) is 7.03. The van der Waals surface area contributed by atoms with E-state index in [0.717, 1.165) is 24.2 Å². The molecule has 0 aliphatic carbocycles. The molecule has 2 aromatic carbocycles. The third kappa shape index (κ3) is 4.75. The van der Waals surface area contributed by atoms with Crippen LogP contribution in [0.25, 0.3) is 0 Å². The minimum Gasteiger partial charge on any atom is -0.398 e. The fourth-order valence-corrected chi connectivity index (χ4v) is 3.14. The first-order valence-corrected chi connectivity index (χ1v) is 9.35. The number of benzene rings is 2. The first-order chi connectivity index (χ1) is 13.6. The summed E-state index contributed by atoms with van der Waals surface area (Å²) < 4.78 is 0. The SMILES string of the molecule is CN(C)CCC(Nc1ccccc1C(=O)c1ccccc1)c1cnccc1N. The van der Waals surface area contributed by atoms with Crippen molar-refractivity contribution in [1.82, 2.24) is 9.88 Å². The summed E-state index contributed by atoms with van der Waals surface area (Å²) in [7, 11) is 4.08. The Bertz CT molecular complexity index is 925.